The number of aliphatic carboxylic acids is 1. The highest BCUT2D eigenvalue weighted by Gasteiger charge is 2.26. The molecule has 0 fully saturated rings. The van der Waals surface area contributed by atoms with Crippen molar-refractivity contribution in [2.75, 3.05) is 5.75 Å². The van der Waals surface area contributed by atoms with Crippen LogP contribution in [-0.2, 0) is 26.1 Å². The first-order valence-electron chi connectivity index (χ1n) is 5.40. The van der Waals surface area contributed by atoms with Crippen molar-refractivity contribution >= 4 is 22.0 Å². The first kappa shape index (κ1) is 16.1. The Hall–Kier alpha value is -1.98. The minimum atomic E-state index is -4.42. The molecule has 1 aromatic heterocycles. The van der Waals surface area contributed by atoms with E-state index in [2.05, 4.69) is 15.3 Å². The number of nitrogens with one attached hydrogen (secondary N) is 2. The molecule has 0 aliphatic rings. The average Bonchev–Trinajstić information content (AvgIpc) is 2.78. The summed E-state index contributed by atoms with van der Waals surface area (Å²) in [5, 5.41) is 11.1. The Kier molecular flexibility index (Phi) is 5.19. The molecular formula is C9H14N4O6S. The van der Waals surface area contributed by atoms with Crippen LogP contribution in [-0.4, -0.2) is 57.8 Å². The molecule has 0 bridgehead atoms. The van der Waals surface area contributed by atoms with Crippen LogP contribution in [0.4, 0.5) is 0 Å². The fraction of sp³-hybridized carbons (Fsp3) is 0.444. The summed E-state index contributed by atoms with van der Waals surface area (Å²) >= 11 is 0. The third kappa shape index (κ3) is 5.34. The van der Waals surface area contributed by atoms with Gasteiger partial charge in [-0.25, -0.2) is 9.78 Å². The molecule has 0 aromatic carbocycles. The van der Waals surface area contributed by atoms with Gasteiger partial charge in [0.05, 0.1) is 12.1 Å². The topological polar surface area (TPSA) is 175 Å². The van der Waals surface area contributed by atoms with E-state index in [-0.39, 0.29) is 6.42 Å². The van der Waals surface area contributed by atoms with Crippen LogP contribution in [0.2, 0.25) is 0 Å². The van der Waals surface area contributed by atoms with Gasteiger partial charge in [-0.15, -0.1) is 0 Å². The number of amides is 1. The van der Waals surface area contributed by atoms with Crippen molar-refractivity contribution in [2.24, 2.45) is 5.73 Å². The molecule has 112 valence electrons. The zero-order valence-electron chi connectivity index (χ0n) is 10.2. The van der Waals surface area contributed by atoms with Crippen LogP contribution < -0.4 is 11.1 Å². The number of imidazole rings is 1. The van der Waals surface area contributed by atoms with E-state index in [9.17, 15) is 18.0 Å². The number of aromatic nitrogens is 2. The van der Waals surface area contributed by atoms with Gasteiger partial charge in [-0.3, -0.25) is 9.35 Å². The predicted molar refractivity (Wildman–Crippen MR) is 66.2 cm³/mol. The Morgan fingerprint density at radius 2 is 2.15 bits per heavy atom. The maximum absolute atomic E-state index is 11.6. The largest absolute Gasteiger partial charge is 0.480 e. The smallest absolute Gasteiger partial charge is 0.326 e. The molecule has 1 amide bonds. The minimum Gasteiger partial charge on any atom is -0.480 e. The molecule has 1 heterocycles. The van der Waals surface area contributed by atoms with E-state index in [1.807, 2.05) is 0 Å². The molecule has 11 heteroatoms. The van der Waals surface area contributed by atoms with E-state index in [0.717, 1.165) is 0 Å². The Morgan fingerprint density at radius 1 is 1.50 bits per heavy atom. The number of H-pyrrole nitrogens is 1. The summed E-state index contributed by atoms with van der Waals surface area (Å²) in [6, 6.07) is -2.86. The number of carbonyl (C=O) groups excluding carboxylic acids is 1. The molecule has 0 radical (unpaired) electrons. The molecule has 0 saturated carbocycles. The number of aromatic amines is 1. The van der Waals surface area contributed by atoms with Gasteiger partial charge in [-0.2, -0.15) is 8.42 Å². The van der Waals surface area contributed by atoms with Crippen molar-refractivity contribution in [2.45, 2.75) is 18.5 Å². The van der Waals surface area contributed by atoms with E-state index < -0.39 is 39.8 Å². The van der Waals surface area contributed by atoms with Crippen molar-refractivity contribution in [3.05, 3.63) is 18.2 Å². The molecule has 10 nitrogen and oxygen atoms in total. The number of carboxylic acid groups (broad SMARTS) is 1. The second-order valence-electron chi connectivity index (χ2n) is 4.04. The normalized spacial score (nSPS) is 14.5. The summed E-state index contributed by atoms with van der Waals surface area (Å²) in [5.74, 6) is -3.29. The molecule has 6 N–H and O–H groups in total. The second kappa shape index (κ2) is 6.45. The molecule has 1 rings (SSSR count). The Morgan fingerprint density at radius 3 is 2.60 bits per heavy atom. The number of carboxylic acids is 1. The number of rotatable bonds is 7. The predicted octanol–water partition coefficient (Wildman–Crippen LogP) is -2.26. The second-order valence-corrected chi connectivity index (χ2v) is 5.53. The highest BCUT2D eigenvalue weighted by Crippen LogP contribution is 2.00. The van der Waals surface area contributed by atoms with Crippen LogP contribution in [0.5, 0.6) is 0 Å². The van der Waals surface area contributed by atoms with Crippen molar-refractivity contribution < 1.29 is 27.7 Å². The highest BCUT2D eigenvalue weighted by atomic mass is 32.2. The number of carbonyl (C=O) groups is 2. The number of hydrogen-bond acceptors (Lipinski definition) is 6. The first-order chi connectivity index (χ1) is 9.19. The van der Waals surface area contributed by atoms with Gasteiger partial charge in [0.2, 0.25) is 5.91 Å². The average molecular weight is 306 g/mol. The summed E-state index contributed by atoms with van der Waals surface area (Å²) in [7, 11) is -4.42. The summed E-state index contributed by atoms with van der Waals surface area (Å²) in [5.41, 5.74) is 5.73. The van der Waals surface area contributed by atoms with Crippen molar-refractivity contribution in [1.29, 1.82) is 0 Å². The fourth-order valence-corrected chi connectivity index (χ4v) is 2.00. The molecule has 2 atom stereocenters. The van der Waals surface area contributed by atoms with Gasteiger partial charge in [0.1, 0.15) is 12.1 Å². The molecule has 0 unspecified atom stereocenters. The summed E-state index contributed by atoms with van der Waals surface area (Å²) in [6.45, 7) is 0. The van der Waals surface area contributed by atoms with Gasteiger partial charge in [-0.1, -0.05) is 0 Å². The maximum atomic E-state index is 11.6. The van der Waals surface area contributed by atoms with Gasteiger partial charge in [0, 0.05) is 18.3 Å². The molecule has 0 saturated heterocycles. The van der Waals surface area contributed by atoms with Gasteiger partial charge >= 0.3 is 5.97 Å². The maximum Gasteiger partial charge on any atom is 0.326 e. The Bertz CT molecular complexity index is 569. The lowest BCUT2D eigenvalue weighted by Crippen LogP contribution is -2.51. The van der Waals surface area contributed by atoms with Crippen LogP contribution in [0.25, 0.3) is 0 Å². The van der Waals surface area contributed by atoms with Gasteiger partial charge in [0.25, 0.3) is 10.1 Å². The third-order valence-corrected chi connectivity index (χ3v) is 3.10. The molecule has 20 heavy (non-hydrogen) atoms. The zero-order chi connectivity index (χ0) is 15.3. The van der Waals surface area contributed by atoms with Crippen molar-refractivity contribution in [3.8, 4) is 0 Å². The molecule has 0 aliphatic carbocycles. The van der Waals surface area contributed by atoms with E-state index >= 15 is 0 Å². The molecular weight excluding hydrogens is 292 g/mol. The van der Waals surface area contributed by atoms with Gasteiger partial charge < -0.3 is 21.1 Å². The van der Waals surface area contributed by atoms with Crippen LogP contribution in [0.3, 0.4) is 0 Å². The van der Waals surface area contributed by atoms with Crippen molar-refractivity contribution in [1.82, 2.24) is 15.3 Å². The summed E-state index contributed by atoms with van der Waals surface area (Å²) in [6.07, 6.45) is 2.67. The number of nitrogens with zero attached hydrogens (tertiary/aromatic N) is 1. The molecule has 0 aliphatic heterocycles. The van der Waals surface area contributed by atoms with Gasteiger partial charge in [0.15, 0.2) is 0 Å². The van der Waals surface area contributed by atoms with Crippen LogP contribution in [0, 0.1) is 0 Å². The SMILES string of the molecule is N[C@@H](CS(=O)(=O)O)C(=O)N[C@@H](Cc1cnc[nH]1)C(=O)O. The standard InChI is InChI=1S/C9H14N4O6S/c10-6(3-20(17,18)19)8(14)13-7(9(15)16)1-5-2-11-4-12-5/h2,4,6-7H,1,3,10H2,(H,11,12)(H,13,14)(H,15,16)(H,17,18,19)/t6-,7-/m0/s1. The van der Waals surface area contributed by atoms with Gasteiger partial charge in [-0.05, 0) is 0 Å². The lowest BCUT2D eigenvalue weighted by Gasteiger charge is -2.16. The Labute approximate surface area is 114 Å². The van der Waals surface area contributed by atoms with Crippen LogP contribution >= 0.6 is 0 Å². The highest BCUT2D eigenvalue weighted by molar-refractivity contribution is 7.85. The number of nitrogens with two attached hydrogens (primary N) is 1. The van der Waals surface area contributed by atoms with E-state index in [4.69, 9.17) is 15.4 Å². The third-order valence-electron chi connectivity index (χ3n) is 2.32. The minimum absolute atomic E-state index is 0.0698. The van der Waals surface area contributed by atoms with Crippen molar-refractivity contribution in [3.63, 3.8) is 0 Å². The lowest BCUT2D eigenvalue weighted by molar-refractivity contribution is -0.141. The Balaban J connectivity index is 2.66. The molecule has 1 aromatic rings. The molecule has 0 spiro atoms. The summed E-state index contributed by atoms with van der Waals surface area (Å²) < 4.78 is 29.7. The van der Waals surface area contributed by atoms with Crippen LogP contribution in [0.15, 0.2) is 12.5 Å². The van der Waals surface area contributed by atoms with Crippen LogP contribution in [0.1, 0.15) is 5.69 Å². The fourth-order valence-electron chi connectivity index (χ4n) is 1.40. The van der Waals surface area contributed by atoms with E-state index in [1.54, 1.807) is 0 Å². The van der Waals surface area contributed by atoms with E-state index in [0.29, 0.717) is 5.69 Å². The van der Waals surface area contributed by atoms with E-state index in [1.165, 1.54) is 12.5 Å². The number of hydrogen-bond donors (Lipinski definition) is 5. The quantitative estimate of drug-likeness (QED) is 0.350. The summed E-state index contributed by atoms with van der Waals surface area (Å²) in [4.78, 5) is 28.9. The first-order valence-corrected chi connectivity index (χ1v) is 7.01. The monoisotopic (exact) mass is 306 g/mol. The lowest BCUT2D eigenvalue weighted by atomic mass is 10.1. The zero-order valence-corrected chi connectivity index (χ0v) is 11.0.